The van der Waals surface area contributed by atoms with Crippen LogP contribution in [0.15, 0.2) is 34.7 Å². The summed E-state index contributed by atoms with van der Waals surface area (Å²) in [6.07, 6.45) is 3.53. The molecule has 0 amide bonds. The van der Waals surface area contributed by atoms with Crippen LogP contribution in [0.1, 0.15) is 31.1 Å². The van der Waals surface area contributed by atoms with Gasteiger partial charge in [0.25, 0.3) is 0 Å². The Hall–Kier alpha value is -1.32. The molecule has 2 aromatic rings. The Kier molecular flexibility index (Phi) is 3.58. The maximum Gasteiger partial charge on any atom is 0.141 e. The first kappa shape index (κ1) is 12.7. The quantitative estimate of drug-likeness (QED) is 0.872. The average Bonchev–Trinajstić information content (AvgIpc) is 2.93. The zero-order chi connectivity index (χ0) is 13.2. The molecule has 0 bridgehead atoms. The molecule has 0 saturated carbocycles. The molecule has 1 fully saturated rings. The van der Waals surface area contributed by atoms with Gasteiger partial charge in [0.2, 0.25) is 0 Å². The normalized spacial score (nSPS) is 19.6. The van der Waals surface area contributed by atoms with Gasteiger partial charge in [-0.1, -0.05) is 18.0 Å². The van der Waals surface area contributed by atoms with Crippen LogP contribution in [0.5, 0.6) is 0 Å². The van der Waals surface area contributed by atoms with E-state index in [1.54, 1.807) is 12.1 Å². The van der Waals surface area contributed by atoms with Gasteiger partial charge in [0.1, 0.15) is 17.3 Å². The van der Waals surface area contributed by atoms with Crippen molar-refractivity contribution >= 4 is 11.6 Å². The van der Waals surface area contributed by atoms with Crippen molar-refractivity contribution in [3.63, 3.8) is 0 Å². The van der Waals surface area contributed by atoms with Gasteiger partial charge in [0, 0.05) is 5.56 Å². The molecule has 3 rings (SSSR count). The summed E-state index contributed by atoms with van der Waals surface area (Å²) >= 11 is 5.79. The molecule has 1 saturated heterocycles. The fraction of sp³-hybridized carbons (Fsp3) is 0.333. The molecule has 19 heavy (non-hydrogen) atoms. The highest BCUT2D eigenvalue weighted by atomic mass is 35.5. The lowest BCUT2D eigenvalue weighted by Gasteiger charge is -2.21. The molecule has 100 valence electrons. The van der Waals surface area contributed by atoms with Gasteiger partial charge in [-0.05, 0) is 49.7 Å². The van der Waals surface area contributed by atoms with E-state index in [-0.39, 0.29) is 5.02 Å². The van der Waals surface area contributed by atoms with Crippen molar-refractivity contribution in [1.82, 2.24) is 5.32 Å². The summed E-state index contributed by atoms with van der Waals surface area (Å²) in [5.74, 6) is 1.26. The number of piperidine rings is 1. The molecule has 1 aliphatic rings. The zero-order valence-corrected chi connectivity index (χ0v) is 11.2. The zero-order valence-electron chi connectivity index (χ0n) is 10.5. The van der Waals surface area contributed by atoms with E-state index in [1.165, 1.54) is 18.9 Å². The van der Waals surface area contributed by atoms with Gasteiger partial charge in [-0.3, -0.25) is 0 Å². The minimum atomic E-state index is -0.411. The summed E-state index contributed by atoms with van der Waals surface area (Å²) < 4.78 is 19.0. The molecule has 2 heterocycles. The summed E-state index contributed by atoms with van der Waals surface area (Å²) in [6.45, 7) is 1.03. The Morgan fingerprint density at radius 1 is 1.21 bits per heavy atom. The van der Waals surface area contributed by atoms with Crippen molar-refractivity contribution in [2.24, 2.45) is 0 Å². The van der Waals surface area contributed by atoms with Crippen LogP contribution in [0, 0.1) is 5.82 Å². The second kappa shape index (κ2) is 5.35. The van der Waals surface area contributed by atoms with Crippen molar-refractivity contribution in [3.8, 4) is 11.3 Å². The van der Waals surface area contributed by atoms with Crippen LogP contribution in [0.2, 0.25) is 5.02 Å². The van der Waals surface area contributed by atoms with Gasteiger partial charge in [-0.2, -0.15) is 0 Å². The smallest absolute Gasteiger partial charge is 0.141 e. The molecule has 0 radical (unpaired) electrons. The number of halogens is 2. The van der Waals surface area contributed by atoms with Crippen LogP contribution in [-0.4, -0.2) is 6.54 Å². The predicted molar refractivity (Wildman–Crippen MR) is 73.7 cm³/mol. The highest BCUT2D eigenvalue weighted by Gasteiger charge is 2.18. The molecule has 1 aromatic heterocycles. The summed E-state index contributed by atoms with van der Waals surface area (Å²) in [6, 6.07) is 8.81. The molecular formula is C15H15ClFNO. The number of hydrogen-bond donors (Lipinski definition) is 1. The Bertz CT molecular complexity index is 575. The van der Waals surface area contributed by atoms with Crippen molar-refractivity contribution < 1.29 is 8.81 Å². The van der Waals surface area contributed by atoms with Crippen molar-refractivity contribution in [1.29, 1.82) is 0 Å². The van der Waals surface area contributed by atoms with E-state index >= 15 is 0 Å². The summed E-state index contributed by atoms with van der Waals surface area (Å²) in [5, 5.41) is 3.56. The average molecular weight is 280 g/mol. The first-order valence-corrected chi connectivity index (χ1v) is 6.90. The van der Waals surface area contributed by atoms with Crippen molar-refractivity contribution in [2.45, 2.75) is 25.3 Å². The number of hydrogen-bond acceptors (Lipinski definition) is 2. The molecule has 0 spiro atoms. The van der Waals surface area contributed by atoms with E-state index in [4.69, 9.17) is 16.0 Å². The number of rotatable bonds is 2. The highest BCUT2D eigenvalue weighted by Crippen LogP contribution is 2.30. The molecule has 2 nitrogen and oxygen atoms in total. The van der Waals surface area contributed by atoms with Crippen LogP contribution in [0.4, 0.5) is 4.39 Å². The summed E-state index contributed by atoms with van der Waals surface area (Å²) in [7, 11) is 0. The number of furan rings is 1. The third-order valence-corrected chi connectivity index (χ3v) is 3.77. The van der Waals surface area contributed by atoms with Gasteiger partial charge in [-0.25, -0.2) is 4.39 Å². The fourth-order valence-corrected chi connectivity index (χ4v) is 2.62. The molecule has 4 heteroatoms. The first-order valence-electron chi connectivity index (χ1n) is 6.52. The number of nitrogens with one attached hydrogen (secondary N) is 1. The molecular weight excluding hydrogens is 265 g/mol. The third-order valence-electron chi connectivity index (χ3n) is 3.48. The second-order valence-corrected chi connectivity index (χ2v) is 5.24. The third kappa shape index (κ3) is 2.67. The van der Waals surface area contributed by atoms with Crippen LogP contribution < -0.4 is 5.32 Å². The van der Waals surface area contributed by atoms with Gasteiger partial charge in [0.05, 0.1) is 11.1 Å². The van der Waals surface area contributed by atoms with Gasteiger partial charge >= 0.3 is 0 Å². The Morgan fingerprint density at radius 2 is 2.11 bits per heavy atom. The van der Waals surface area contributed by atoms with Crippen molar-refractivity contribution in [2.75, 3.05) is 6.54 Å². The first-order chi connectivity index (χ1) is 9.24. The number of benzene rings is 1. The highest BCUT2D eigenvalue weighted by molar-refractivity contribution is 6.31. The van der Waals surface area contributed by atoms with Crippen LogP contribution in [0.3, 0.4) is 0 Å². The van der Waals surface area contributed by atoms with E-state index in [9.17, 15) is 4.39 Å². The van der Waals surface area contributed by atoms with E-state index in [0.29, 0.717) is 6.04 Å². The molecule has 1 N–H and O–H groups in total. The van der Waals surface area contributed by atoms with Crippen LogP contribution >= 0.6 is 11.6 Å². The molecule has 0 unspecified atom stereocenters. The SMILES string of the molecule is Fc1ccc(-c2ccc([C@H]3CCCCN3)o2)cc1Cl. The van der Waals surface area contributed by atoms with E-state index in [2.05, 4.69) is 5.32 Å². The monoisotopic (exact) mass is 279 g/mol. The van der Waals surface area contributed by atoms with E-state index in [1.807, 2.05) is 12.1 Å². The Morgan fingerprint density at radius 3 is 2.84 bits per heavy atom. The van der Waals surface area contributed by atoms with Crippen LogP contribution in [0.25, 0.3) is 11.3 Å². The molecule has 0 aliphatic carbocycles. The van der Waals surface area contributed by atoms with Gasteiger partial charge < -0.3 is 9.73 Å². The Labute approximate surface area is 116 Å². The van der Waals surface area contributed by atoms with Crippen molar-refractivity contribution in [3.05, 3.63) is 46.9 Å². The standard InChI is InChI=1S/C15H15ClFNO/c16-11-9-10(4-5-12(11)17)14-6-7-15(19-14)13-3-1-2-8-18-13/h4-7,9,13,18H,1-3,8H2/t13-/m1/s1. The minimum Gasteiger partial charge on any atom is -0.459 e. The summed E-state index contributed by atoms with van der Waals surface area (Å²) in [5.41, 5.74) is 0.799. The largest absolute Gasteiger partial charge is 0.459 e. The fourth-order valence-electron chi connectivity index (χ4n) is 2.44. The predicted octanol–water partition coefficient (Wildman–Crippen LogP) is 4.55. The maximum absolute atomic E-state index is 13.1. The van der Waals surface area contributed by atoms with Crippen LogP contribution in [-0.2, 0) is 0 Å². The maximum atomic E-state index is 13.1. The second-order valence-electron chi connectivity index (χ2n) is 4.83. The summed E-state index contributed by atoms with van der Waals surface area (Å²) in [4.78, 5) is 0. The van der Waals surface area contributed by atoms with E-state index < -0.39 is 5.82 Å². The molecule has 1 aliphatic heterocycles. The lowest BCUT2D eigenvalue weighted by molar-refractivity contribution is 0.353. The van der Waals surface area contributed by atoms with Gasteiger partial charge in [-0.15, -0.1) is 0 Å². The van der Waals surface area contributed by atoms with E-state index in [0.717, 1.165) is 30.0 Å². The minimum absolute atomic E-state index is 0.117. The lowest BCUT2D eigenvalue weighted by Crippen LogP contribution is -2.26. The van der Waals surface area contributed by atoms with Gasteiger partial charge in [0.15, 0.2) is 0 Å². The molecule has 1 aromatic carbocycles. The topological polar surface area (TPSA) is 25.2 Å². The molecule has 1 atom stereocenters. The lowest BCUT2D eigenvalue weighted by atomic mass is 10.0. The Balaban J connectivity index is 1.85.